The highest BCUT2D eigenvalue weighted by Crippen LogP contribution is 2.16. The van der Waals surface area contributed by atoms with Gasteiger partial charge in [-0.05, 0) is 19.3 Å². The van der Waals surface area contributed by atoms with Crippen LogP contribution in [0.3, 0.4) is 0 Å². The Morgan fingerprint density at radius 1 is 0.842 bits per heavy atom. The summed E-state index contributed by atoms with van der Waals surface area (Å²) in [7, 11) is -0.169. The Labute approximate surface area is 117 Å². The maximum atomic E-state index is 5.67. The Bertz CT molecular complexity index is 197. The second-order valence-corrected chi connectivity index (χ2v) is 6.14. The van der Waals surface area contributed by atoms with Gasteiger partial charge in [0.25, 0.3) is 6.48 Å². The van der Waals surface area contributed by atoms with E-state index in [1.807, 2.05) is 20.8 Å². The first-order chi connectivity index (χ1) is 9.17. The summed E-state index contributed by atoms with van der Waals surface area (Å²) in [4.78, 5) is 0. The Kier molecular flexibility index (Phi) is 11.8. The predicted molar refractivity (Wildman–Crippen MR) is 73.4 cm³/mol. The third kappa shape index (κ3) is 7.98. The molecule has 0 saturated carbocycles. The third-order valence-corrected chi connectivity index (χ3v) is 4.20. The van der Waals surface area contributed by atoms with Crippen LogP contribution in [0.25, 0.3) is 0 Å². The number of hydrogen-bond acceptors (Lipinski definition) is 6. The lowest BCUT2D eigenvalue weighted by Crippen LogP contribution is -2.52. The summed E-state index contributed by atoms with van der Waals surface area (Å²) in [6.45, 7) is 6.75. The fraction of sp³-hybridized carbons (Fsp3) is 1.00. The van der Waals surface area contributed by atoms with Crippen LogP contribution in [0.2, 0.25) is 0 Å². The highest BCUT2D eigenvalue weighted by atomic mass is 28.4. The molecule has 0 aliphatic rings. The van der Waals surface area contributed by atoms with E-state index in [0.29, 0.717) is 19.8 Å². The molecule has 7 heteroatoms. The monoisotopic (exact) mass is 296 g/mol. The Balaban J connectivity index is 4.57. The van der Waals surface area contributed by atoms with E-state index in [4.69, 9.17) is 27.2 Å². The molecule has 1 unspecified atom stereocenters. The number of ether oxygens (including phenoxy) is 2. The van der Waals surface area contributed by atoms with Gasteiger partial charge in [-0.3, -0.25) is 0 Å². The van der Waals surface area contributed by atoms with E-state index in [2.05, 4.69) is 0 Å². The molecule has 1 atom stereocenters. The van der Waals surface area contributed by atoms with Crippen molar-refractivity contribution in [3.8, 4) is 0 Å². The topological polar surface area (TPSA) is 55.4 Å². The molecule has 0 aromatic rings. The van der Waals surface area contributed by atoms with Gasteiger partial charge >= 0.3 is 9.05 Å². The molecule has 0 amide bonds. The zero-order chi connectivity index (χ0) is 14.6. The van der Waals surface area contributed by atoms with Crippen molar-refractivity contribution in [2.24, 2.45) is 0 Å². The van der Waals surface area contributed by atoms with Gasteiger partial charge in [0.2, 0.25) is 0 Å². The normalized spacial score (nSPS) is 13.7. The molecule has 0 aliphatic carbocycles. The average molecular weight is 296 g/mol. The minimum absolute atomic E-state index is 0.508. The molecule has 0 aliphatic heterocycles. The molecule has 0 radical (unpaired) electrons. The molecule has 19 heavy (non-hydrogen) atoms. The molecular formula is C12H28O6Si. The second-order valence-electron chi connectivity index (χ2n) is 3.91. The largest absolute Gasteiger partial charge is 0.683 e. The van der Waals surface area contributed by atoms with E-state index in [1.54, 1.807) is 0 Å². The lowest BCUT2D eigenvalue weighted by Gasteiger charge is -2.29. The predicted octanol–water partition coefficient (Wildman–Crippen LogP) is 2.29. The minimum Gasteiger partial charge on any atom is -0.354 e. The van der Waals surface area contributed by atoms with Crippen LogP contribution in [0.4, 0.5) is 0 Å². The number of hydrogen-bond donors (Lipinski definition) is 0. The van der Waals surface area contributed by atoms with Crippen molar-refractivity contribution in [1.82, 2.24) is 0 Å². The molecule has 0 bridgehead atoms. The van der Waals surface area contributed by atoms with E-state index in [9.17, 15) is 0 Å². The van der Waals surface area contributed by atoms with E-state index in [0.717, 1.165) is 19.3 Å². The van der Waals surface area contributed by atoms with E-state index < -0.39 is 15.5 Å². The maximum Gasteiger partial charge on any atom is 0.683 e. The molecule has 0 rings (SSSR count). The van der Waals surface area contributed by atoms with Gasteiger partial charge in [-0.25, -0.2) is 0 Å². The van der Waals surface area contributed by atoms with Gasteiger partial charge in [0.05, 0.1) is 6.61 Å². The molecule has 116 valence electrons. The first kappa shape index (κ1) is 19.0. The first-order valence-electron chi connectivity index (χ1n) is 6.83. The highest BCUT2D eigenvalue weighted by molar-refractivity contribution is 6.53. The lowest BCUT2D eigenvalue weighted by atomic mass is 10.5. The second kappa shape index (κ2) is 11.8. The van der Waals surface area contributed by atoms with Gasteiger partial charge in [0.1, 0.15) is 0 Å². The van der Waals surface area contributed by atoms with Gasteiger partial charge in [-0.2, -0.15) is 0 Å². The molecule has 0 fully saturated rings. The molecule has 0 saturated heterocycles. The Morgan fingerprint density at radius 2 is 1.37 bits per heavy atom. The standard InChI is InChI=1S/C12H28O6Si/c1-6-9-15-12(13-4)18-19(14-5,16-10-7-2)17-11-8-3/h12H,6-11H2,1-5H3. The summed E-state index contributed by atoms with van der Waals surface area (Å²) >= 11 is 0. The minimum atomic E-state index is -3.20. The summed E-state index contributed by atoms with van der Waals surface area (Å²) < 4.78 is 32.9. The van der Waals surface area contributed by atoms with Crippen molar-refractivity contribution in [1.29, 1.82) is 0 Å². The molecular weight excluding hydrogens is 268 g/mol. The van der Waals surface area contributed by atoms with E-state index in [-0.39, 0.29) is 0 Å². The van der Waals surface area contributed by atoms with Gasteiger partial charge < -0.3 is 27.2 Å². The number of methoxy groups -OCH3 is 1. The molecule has 0 heterocycles. The van der Waals surface area contributed by atoms with Crippen molar-refractivity contribution >= 4 is 9.05 Å². The first-order valence-corrected chi connectivity index (χ1v) is 8.46. The van der Waals surface area contributed by atoms with Crippen LogP contribution in [0.1, 0.15) is 40.0 Å². The highest BCUT2D eigenvalue weighted by Gasteiger charge is 2.47. The summed E-state index contributed by atoms with van der Waals surface area (Å²) in [5.41, 5.74) is 0. The molecule has 0 aromatic carbocycles. The SMILES string of the molecule is CCCOC(OC)O[Si](OC)(OCCC)OCCC. The van der Waals surface area contributed by atoms with Gasteiger partial charge in [0.15, 0.2) is 0 Å². The molecule has 0 aromatic heterocycles. The van der Waals surface area contributed by atoms with E-state index >= 15 is 0 Å². The van der Waals surface area contributed by atoms with Crippen LogP contribution in [-0.4, -0.2) is 49.6 Å². The summed E-state index contributed by atoms with van der Waals surface area (Å²) in [5.74, 6) is 0. The van der Waals surface area contributed by atoms with Crippen molar-refractivity contribution in [3.63, 3.8) is 0 Å². The maximum absolute atomic E-state index is 5.67. The van der Waals surface area contributed by atoms with Gasteiger partial charge in [-0.1, -0.05) is 20.8 Å². The van der Waals surface area contributed by atoms with Gasteiger partial charge in [-0.15, -0.1) is 0 Å². The summed E-state index contributed by atoms with van der Waals surface area (Å²) in [6.07, 6.45) is 2.57. The van der Waals surface area contributed by atoms with Crippen LogP contribution in [-0.2, 0) is 27.2 Å². The van der Waals surface area contributed by atoms with Crippen LogP contribution in [0, 0.1) is 0 Å². The van der Waals surface area contributed by atoms with Crippen molar-refractivity contribution < 1.29 is 27.2 Å². The smallest absolute Gasteiger partial charge is 0.354 e. The van der Waals surface area contributed by atoms with Crippen molar-refractivity contribution in [2.45, 2.75) is 46.5 Å². The van der Waals surface area contributed by atoms with Crippen LogP contribution < -0.4 is 0 Å². The zero-order valence-corrected chi connectivity index (χ0v) is 13.8. The molecule has 0 N–H and O–H groups in total. The summed E-state index contributed by atoms with van der Waals surface area (Å²) in [5, 5.41) is 0. The van der Waals surface area contributed by atoms with Crippen LogP contribution in [0.15, 0.2) is 0 Å². The third-order valence-electron chi connectivity index (χ3n) is 2.11. The van der Waals surface area contributed by atoms with Crippen molar-refractivity contribution in [2.75, 3.05) is 34.0 Å². The molecule has 0 spiro atoms. The quantitative estimate of drug-likeness (QED) is 0.384. The Morgan fingerprint density at radius 3 is 1.74 bits per heavy atom. The van der Waals surface area contributed by atoms with E-state index in [1.165, 1.54) is 14.2 Å². The fourth-order valence-corrected chi connectivity index (χ4v) is 3.07. The zero-order valence-electron chi connectivity index (χ0n) is 12.8. The number of rotatable bonds is 13. The fourth-order valence-electron chi connectivity index (χ4n) is 1.21. The van der Waals surface area contributed by atoms with Crippen LogP contribution in [0.5, 0.6) is 0 Å². The van der Waals surface area contributed by atoms with Crippen LogP contribution >= 0.6 is 0 Å². The summed E-state index contributed by atoms with van der Waals surface area (Å²) in [6, 6.07) is 0. The lowest BCUT2D eigenvalue weighted by molar-refractivity contribution is -0.265. The molecule has 6 nitrogen and oxygen atoms in total. The Hall–Kier alpha value is -0.0231. The van der Waals surface area contributed by atoms with Gasteiger partial charge in [0, 0.05) is 27.4 Å². The average Bonchev–Trinajstić information content (AvgIpc) is 2.46. The van der Waals surface area contributed by atoms with Crippen molar-refractivity contribution in [3.05, 3.63) is 0 Å².